The monoisotopic (exact) mass is 353 g/mol. The van der Waals surface area contributed by atoms with Crippen molar-refractivity contribution in [1.29, 1.82) is 0 Å². The van der Waals surface area contributed by atoms with Crippen molar-refractivity contribution in [3.8, 4) is 11.4 Å². The number of carbonyl (C=O) groups is 1. The van der Waals surface area contributed by atoms with Crippen molar-refractivity contribution in [3.05, 3.63) is 29.0 Å². The minimum Gasteiger partial charge on any atom is -0.300 e. The van der Waals surface area contributed by atoms with Crippen LogP contribution < -0.4 is 5.32 Å². The minimum absolute atomic E-state index is 0.00395. The quantitative estimate of drug-likeness (QED) is 0.763. The Balaban J connectivity index is 1.97. The Bertz CT molecular complexity index is 898. The normalized spacial score (nSPS) is 11.9. The molecule has 3 aromatic rings. The lowest BCUT2D eigenvalue weighted by molar-refractivity contribution is -0.123. The van der Waals surface area contributed by atoms with Crippen molar-refractivity contribution in [2.24, 2.45) is 5.41 Å². The lowest BCUT2D eigenvalue weighted by Gasteiger charge is -2.15. The molecule has 2 heterocycles. The van der Waals surface area contributed by atoms with Crippen molar-refractivity contribution in [3.63, 3.8) is 0 Å². The average molecular weight is 354 g/mol. The summed E-state index contributed by atoms with van der Waals surface area (Å²) >= 11 is 7.00. The van der Waals surface area contributed by atoms with Gasteiger partial charge in [0.15, 0.2) is 5.82 Å². The van der Waals surface area contributed by atoms with Gasteiger partial charge in [-0.05, 0) is 18.2 Å². The Kier molecular flexibility index (Phi) is 3.81. The predicted molar refractivity (Wildman–Crippen MR) is 87.1 cm³/mol. The zero-order chi connectivity index (χ0) is 16.8. The second-order valence-electron chi connectivity index (χ2n) is 5.96. The van der Waals surface area contributed by atoms with Gasteiger partial charge in [0.25, 0.3) is 0 Å². The largest absolute Gasteiger partial charge is 0.300 e. The first-order valence-electron chi connectivity index (χ1n) is 6.75. The van der Waals surface area contributed by atoms with E-state index < -0.39 is 11.2 Å². The fourth-order valence-corrected chi connectivity index (χ4v) is 2.68. The maximum Gasteiger partial charge on any atom is 0.236 e. The molecule has 23 heavy (non-hydrogen) atoms. The van der Waals surface area contributed by atoms with Crippen LogP contribution in [0.4, 0.5) is 9.52 Å². The molecule has 0 spiro atoms. The summed E-state index contributed by atoms with van der Waals surface area (Å²) in [5, 5.41) is 15.5. The molecule has 9 heteroatoms. The van der Waals surface area contributed by atoms with Crippen LogP contribution in [0.15, 0.2) is 18.2 Å². The molecular formula is C14H13ClFN5OS. The molecule has 0 aliphatic heterocycles. The number of halogens is 2. The first kappa shape index (κ1) is 15.8. The summed E-state index contributed by atoms with van der Waals surface area (Å²) in [6, 6.07) is 4.26. The topological polar surface area (TPSA) is 72.2 Å². The van der Waals surface area contributed by atoms with Gasteiger partial charge in [0.2, 0.25) is 16.0 Å². The maximum atomic E-state index is 13.3. The van der Waals surface area contributed by atoms with Gasteiger partial charge in [0, 0.05) is 11.0 Å². The number of hydrogen-bond acceptors (Lipinski definition) is 5. The molecule has 1 N–H and O–H groups in total. The highest BCUT2D eigenvalue weighted by molar-refractivity contribution is 7.20. The van der Waals surface area contributed by atoms with Gasteiger partial charge < -0.3 is 5.32 Å². The molecule has 0 radical (unpaired) electrons. The summed E-state index contributed by atoms with van der Waals surface area (Å²) in [5.41, 5.74) is 0.0576. The summed E-state index contributed by atoms with van der Waals surface area (Å²) in [4.78, 5) is 12.5. The fraction of sp³-hybridized carbons (Fsp3) is 0.286. The number of rotatable bonds is 2. The van der Waals surface area contributed by atoms with Gasteiger partial charge in [-0.1, -0.05) is 43.7 Å². The molecule has 0 atom stereocenters. The third-order valence-corrected chi connectivity index (χ3v) is 4.17. The summed E-state index contributed by atoms with van der Waals surface area (Å²) in [6.07, 6.45) is 0. The second-order valence-corrected chi connectivity index (χ2v) is 7.32. The smallest absolute Gasteiger partial charge is 0.236 e. The van der Waals surface area contributed by atoms with Crippen molar-refractivity contribution in [2.45, 2.75) is 20.8 Å². The molecule has 0 saturated heterocycles. The SMILES string of the molecule is CC(C)(C)C(=O)Nc1nn2c(-c3ccc(F)c(Cl)c3)nnc2s1. The number of amides is 1. The Hall–Kier alpha value is -2.06. The zero-order valence-corrected chi connectivity index (χ0v) is 14.2. The molecule has 0 saturated carbocycles. The average Bonchev–Trinajstić information content (AvgIpc) is 3.00. The predicted octanol–water partition coefficient (Wildman–Crippen LogP) is 3.63. The highest BCUT2D eigenvalue weighted by Gasteiger charge is 2.23. The fourth-order valence-electron chi connectivity index (χ4n) is 1.77. The number of nitrogens with one attached hydrogen (secondary N) is 1. The van der Waals surface area contributed by atoms with E-state index in [0.29, 0.717) is 21.5 Å². The van der Waals surface area contributed by atoms with Crippen LogP contribution in [0.5, 0.6) is 0 Å². The van der Waals surface area contributed by atoms with Crippen molar-refractivity contribution in [1.82, 2.24) is 19.8 Å². The maximum absolute atomic E-state index is 13.3. The molecule has 0 aliphatic carbocycles. The van der Waals surface area contributed by atoms with E-state index in [1.807, 2.05) is 20.8 Å². The number of hydrogen-bond donors (Lipinski definition) is 1. The number of aromatic nitrogens is 4. The lowest BCUT2D eigenvalue weighted by atomic mass is 9.96. The Labute approximate surface area is 140 Å². The third kappa shape index (κ3) is 3.04. The second kappa shape index (κ2) is 5.54. The third-order valence-electron chi connectivity index (χ3n) is 3.07. The van der Waals surface area contributed by atoms with Gasteiger partial charge in [-0.2, -0.15) is 4.52 Å². The molecule has 120 valence electrons. The van der Waals surface area contributed by atoms with Crippen LogP contribution in [0, 0.1) is 11.2 Å². The molecule has 0 fully saturated rings. The summed E-state index contributed by atoms with van der Waals surface area (Å²) < 4.78 is 14.8. The van der Waals surface area contributed by atoms with Crippen LogP contribution in [-0.2, 0) is 4.79 Å². The first-order chi connectivity index (χ1) is 10.8. The van der Waals surface area contributed by atoms with E-state index in [0.717, 1.165) is 0 Å². The van der Waals surface area contributed by atoms with E-state index in [1.165, 1.54) is 28.0 Å². The van der Waals surface area contributed by atoms with Crippen molar-refractivity contribution < 1.29 is 9.18 Å². The van der Waals surface area contributed by atoms with Gasteiger partial charge in [-0.25, -0.2) is 4.39 Å². The van der Waals surface area contributed by atoms with E-state index in [-0.39, 0.29) is 10.9 Å². The van der Waals surface area contributed by atoms with Gasteiger partial charge in [0.05, 0.1) is 5.02 Å². The van der Waals surface area contributed by atoms with Crippen LogP contribution in [0.1, 0.15) is 20.8 Å². The zero-order valence-electron chi connectivity index (χ0n) is 12.6. The minimum atomic E-state index is -0.528. The number of benzene rings is 1. The highest BCUT2D eigenvalue weighted by Crippen LogP contribution is 2.27. The molecule has 3 rings (SSSR count). The van der Waals surface area contributed by atoms with E-state index in [2.05, 4.69) is 20.6 Å². The Morgan fingerprint density at radius 2 is 2.09 bits per heavy atom. The van der Waals surface area contributed by atoms with Gasteiger partial charge in [-0.15, -0.1) is 15.3 Å². The van der Waals surface area contributed by atoms with Crippen LogP contribution in [0.25, 0.3) is 16.3 Å². The summed E-state index contributed by atoms with van der Waals surface area (Å²) in [6.45, 7) is 5.44. The van der Waals surface area contributed by atoms with Crippen LogP contribution >= 0.6 is 22.9 Å². The van der Waals surface area contributed by atoms with E-state index in [4.69, 9.17) is 11.6 Å². The van der Waals surface area contributed by atoms with Gasteiger partial charge in [0.1, 0.15) is 5.82 Å². The van der Waals surface area contributed by atoms with Gasteiger partial charge in [-0.3, -0.25) is 4.79 Å². The van der Waals surface area contributed by atoms with E-state index >= 15 is 0 Å². The lowest BCUT2D eigenvalue weighted by Crippen LogP contribution is -2.27. The van der Waals surface area contributed by atoms with Gasteiger partial charge >= 0.3 is 0 Å². The van der Waals surface area contributed by atoms with Crippen molar-refractivity contribution in [2.75, 3.05) is 5.32 Å². The molecule has 1 amide bonds. The molecule has 0 unspecified atom stereocenters. The Morgan fingerprint density at radius 3 is 2.74 bits per heavy atom. The first-order valence-corrected chi connectivity index (χ1v) is 7.94. The molecule has 2 aromatic heterocycles. The molecule has 0 bridgehead atoms. The standard InChI is InChI=1S/C14H13ClFN5OS/c1-14(2,3)11(22)17-12-20-21-10(18-19-13(21)23-12)7-4-5-9(16)8(15)6-7/h4-6H,1-3H3,(H,17,20,22). The molecular weight excluding hydrogens is 341 g/mol. The molecule has 1 aromatic carbocycles. The van der Waals surface area contributed by atoms with E-state index in [9.17, 15) is 9.18 Å². The van der Waals surface area contributed by atoms with E-state index in [1.54, 1.807) is 6.07 Å². The number of fused-ring (bicyclic) bond motifs is 1. The summed E-state index contributed by atoms with van der Waals surface area (Å²) in [7, 11) is 0. The highest BCUT2D eigenvalue weighted by atomic mass is 35.5. The van der Waals surface area contributed by atoms with Crippen molar-refractivity contribution >= 4 is 38.9 Å². The number of nitrogens with zero attached hydrogens (tertiary/aromatic N) is 4. The molecule has 6 nitrogen and oxygen atoms in total. The van der Waals surface area contributed by atoms with Crippen LogP contribution in [0.3, 0.4) is 0 Å². The van der Waals surface area contributed by atoms with Crippen LogP contribution in [-0.4, -0.2) is 25.7 Å². The number of carbonyl (C=O) groups excluding carboxylic acids is 1. The Morgan fingerprint density at radius 1 is 1.35 bits per heavy atom. The molecule has 0 aliphatic rings. The summed E-state index contributed by atoms with van der Waals surface area (Å²) in [5.74, 6) is -0.226. The van der Waals surface area contributed by atoms with Crippen LogP contribution in [0.2, 0.25) is 5.02 Å². The number of anilines is 1.